The summed E-state index contributed by atoms with van der Waals surface area (Å²) in [6.45, 7) is 0.839. The predicted octanol–water partition coefficient (Wildman–Crippen LogP) is -0.0493. The van der Waals surface area contributed by atoms with Gasteiger partial charge in [0.15, 0.2) is 0 Å². The molecule has 3 rings (SSSR count). The third-order valence-electron chi connectivity index (χ3n) is 3.76. The van der Waals surface area contributed by atoms with Gasteiger partial charge in [-0.15, -0.1) is 0 Å². The second-order valence-corrected chi connectivity index (χ2v) is 5.35. The average Bonchev–Trinajstić information content (AvgIpc) is 2.98. The molecule has 0 saturated carbocycles. The van der Waals surface area contributed by atoms with E-state index in [1.165, 1.54) is 0 Å². The summed E-state index contributed by atoms with van der Waals surface area (Å²) in [6, 6.07) is 5.46. The molecular formula is C14H16N4O3. The number of likely N-dealkylation sites (tertiary alicyclic amines) is 1. The number of amides is 2. The van der Waals surface area contributed by atoms with Gasteiger partial charge >= 0.3 is 5.69 Å². The van der Waals surface area contributed by atoms with Crippen molar-refractivity contribution in [2.75, 3.05) is 13.6 Å². The molecule has 21 heavy (non-hydrogen) atoms. The fourth-order valence-electron chi connectivity index (χ4n) is 2.56. The van der Waals surface area contributed by atoms with Crippen molar-refractivity contribution in [1.29, 1.82) is 0 Å². The standard InChI is InChI=1S/C14H16N4O3/c1-18-7-9(5-12(18)19)13(20)15-6-8-2-3-10-11(4-8)17-14(21)16-10/h2-4,9H,5-7H2,1H3,(H,15,20)(H2,16,17,21). The Morgan fingerprint density at radius 1 is 1.33 bits per heavy atom. The molecule has 1 atom stereocenters. The molecule has 7 nitrogen and oxygen atoms in total. The van der Waals surface area contributed by atoms with Gasteiger partial charge in [0.2, 0.25) is 11.8 Å². The molecule has 1 aromatic carbocycles. The molecule has 1 saturated heterocycles. The molecule has 2 amide bonds. The zero-order chi connectivity index (χ0) is 15.0. The topological polar surface area (TPSA) is 98.1 Å². The second kappa shape index (κ2) is 5.08. The molecule has 0 radical (unpaired) electrons. The van der Waals surface area contributed by atoms with Crippen molar-refractivity contribution < 1.29 is 9.59 Å². The highest BCUT2D eigenvalue weighted by Crippen LogP contribution is 2.16. The van der Waals surface area contributed by atoms with Crippen LogP contribution in [0.2, 0.25) is 0 Å². The number of nitrogens with one attached hydrogen (secondary N) is 3. The Kier molecular flexibility index (Phi) is 3.25. The number of nitrogens with zero attached hydrogens (tertiary/aromatic N) is 1. The molecule has 1 fully saturated rings. The summed E-state index contributed by atoms with van der Waals surface area (Å²) >= 11 is 0. The van der Waals surface area contributed by atoms with Crippen LogP contribution in [0.25, 0.3) is 11.0 Å². The Morgan fingerprint density at radius 3 is 2.81 bits per heavy atom. The third-order valence-corrected chi connectivity index (χ3v) is 3.76. The first-order chi connectivity index (χ1) is 10.0. The number of hydrogen-bond acceptors (Lipinski definition) is 3. The van der Waals surface area contributed by atoms with E-state index in [1.54, 1.807) is 18.0 Å². The van der Waals surface area contributed by atoms with Crippen molar-refractivity contribution in [2.24, 2.45) is 5.92 Å². The third kappa shape index (κ3) is 2.67. The minimum Gasteiger partial charge on any atom is -0.352 e. The van der Waals surface area contributed by atoms with Gasteiger partial charge < -0.3 is 20.2 Å². The molecule has 3 N–H and O–H groups in total. The van der Waals surface area contributed by atoms with Gasteiger partial charge in [-0.25, -0.2) is 4.79 Å². The van der Waals surface area contributed by atoms with E-state index in [0.717, 1.165) is 11.1 Å². The summed E-state index contributed by atoms with van der Waals surface area (Å²) in [5.41, 5.74) is 2.09. The van der Waals surface area contributed by atoms with E-state index < -0.39 is 0 Å². The van der Waals surface area contributed by atoms with Gasteiger partial charge in [-0.05, 0) is 17.7 Å². The lowest BCUT2D eigenvalue weighted by atomic mass is 10.1. The van der Waals surface area contributed by atoms with Crippen LogP contribution in [0.1, 0.15) is 12.0 Å². The van der Waals surface area contributed by atoms with E-state index in [2.05, 4.69) is 15.3 Å². The van der Waals surface area contributed by atoms with Crippen LogP contribution < -0.4 is 11.0 Å². The fraction of sp³-hybridized carbons (Fsp3) is 0.357. The predicted molar refractivity (Wildman–Crippen MR) is 76.5 cm³/mol. The summed E-state index contributed by atoms with van der Waals surface area (Å²) < 4.78 is 0. The number of fused-ring (bicyclic) bond motifs is 1. The Bertz CT molecular complexity index is 761. The van der Waals surface area contributed by atoms with E-state index in [4.69, 9.17) is 0 Å². The highest BCUT2D eigenvalue weighted by molar-refractivity contribution is 5.89. The summed E-state index contributed by atoms with van der Waals surface area (Å²) in [7, 11) is 1.70. The van der Waals surface area contributed by atoms with Crippen molar-refractivity contribution in [3.05, 3.63) is 34.2 Å². The lowest BCUT2D eigenvalue weighted by Crippen LogP contribution is -2.31. The number of aromatic nitrogens is 2. The van der Waals surface area contributed by atoms with Crippen LogP contribution in [0.3, 0.4) is 0 Å². The van der Waals surface area contributed by atoms with Crippen molar-refractivity contribution in [3.63, 3.8) is 0 Å². The number of carbonyl (C=O) groups is 2. The van der Waals surface area contributed by atoms with Gasteiger partial charge in [-0.2, -0.15) is 0 Å². The van der Waals surface area contributed by atoms with Gasteiger partial charge in [0.25, 0.3) is 0 Å². The maximum Gasteiger partial charge on any atom is 0.323 e. The first kappa shape index (κ1) is 13.4. The number of benzene rings is 1. The van der Waals surface area contributed by atoms with Crippen LogP contribution in [0.4, 0.5) is 0 Å². The SMILES string of the molecule is CN1CC(C(=O)NCc2ccc3[nH]c(=O)[nH]c3c2)CC1=O. The Labute approximate surface area is 120 Å². The first-order valence-corrected chi connectivity index (χ1v) is 6.75. The lowest BCUT2D eigenvalue weighted by molar-refractivity contribution is -0.128. The molecule has 7 heteroatoms. The normalized spacial score (nSPS) is 18.4. The summed E-state index contributed by atoms with van der Waals surface area (Å²) in [5.74, 6) is -0.393. The van der Waals surface area contributed by atoms with Gasteiger partial charge in [-0.1, -0.05) is 6.07 Å². The van der Waals surface area contributed by atoms with Crippen LogP contribution in [-0.4, -0.2) is 40.3 Å². The second-order valence-electron chi connectivity index (χ2n) is 5.35. The molecule has 1 aliphatic heterocycles. The van der Waals surface area contributed by atoms with Crippen LogP contribution >= 0.6 is 0 Å². The number of rotatable bonds is 3. The van der Waals surface area contributed by atoms with Gasteiger partial charge in [0, 0.05) is 26.6 Å². The zero-order valence-electron chi connectivity index (χ0n) is 11.6. The number of aromatic amines is 2. The molecule has 110 valence electrons. The quantitative estimate of drug-likeness (QED) is 0.738. The van der Waals surface area contributed by atoms with Gasteiger partial charge in [0.05, 0.1) is 17.0 Å². The van der Waals surface area contributed by atoms with Crippen molar-refractivity contribution in [3.8, 4) is 0 Å². The minimum atomic E-state index is -0.279. The molecule has 0 aliphatic carbocycles. The van der Waals surface area contributed by atoms with Gasteiger partial charge in [-0.3, -0.25) is 9.59 Å². The number of H-pyrrole nitrogens is 2. The molecule has 2 heterocycles. The molecule has 0 spiro atoms. The molecule has 0 bridgehead atoms. The fourth-order valence-corrected chi connectivity index (χ4v) is 2.56. The monoisotopic (exact) mass is 288 g/mol. The maximum absolute atomic E-state index is 12.0. The number of hydrogen-bond donors (Lipinski definition) is 3. The summed E-state index contributed by atoms with van der Waals surface area (Å²) in [6.07, 6.45) is 0.270. The highest BCUT2D eigenvalue weighted by atomic mass is 16.2. The summed E-state index contributed by atoms with van der Waals surface area (Å²) in [4.78, 5) is 41.5. The van der Waals surface area contributed by atoms with Crippen LogP contribution in [0, 0.1) is 5.92 Å². The van der Waals surface area contributed by atoms with E-state index in [9.17, 15) is 14.4 Å². The Morgan fingerprint density at radius 2 is 2.10 bits per heavy atom. The van der Waals surface area contributed by atoms with Gasteiger partial charge in [0.1, 0.15) is 0 Å². The van der Waals surface area contributed by atoms with Crippen LogP contribution in [-0.2, 0) is 16.1 Å². The zero-order valence-corrected chi connectivity index (χ0v) is 11.6. The molecule has 2 aromatic rings. The maximum atomic E-state index is 12.0. The van der Waals surface area contributed by atoms with Crippen molar-refractivity contribution in [2.45, 2.75) is 13.0 Å². The van der Waals surface area contributed by atoms with E-state index >= 15 is 0 Å². The van der Waals surface area contributed by atoms with E-state index in [-0.39, 0.29) is 29.8 Å². The molecular weight excluding hydrogens is 272 g/mol. The Balaban J connectivity index is 1.64. The molecule has 1 unspecified atom stereocenters. The summed E-state index contributed by atoms with van der Waals surface area (Å²) in [5, 5.41) is 2.83. The minimum absolute atomic E-state index is 0.00136. The van der Waals surface area contributed by atoms with E-state index in [1.807, 2.05) is 12.1 Å². The Hall–Kier alpha value is -2.57. The average molecular weight is 288 g/mol. The molecule has 1 aliphatic rings. The number of carbonyl (C=O) groups excluding carboxylic acids is 2. The van der Waals surface area contributed by atoms with Crippen molar-refractivity contribution >= 4 is 22.8 Å². The number of imidazole rings is 1. The van der Waals surface area contributed by atoms with Crippen LogP contribution in [0.15, 0.2) is 23.0 Å². The smallest absolute Gasteiger partial charge is 0.323 e. The largest absolute Gasteiger partial charge is 0.352 e. The highest BCUT2D eigenvalue weighted by Gasteiger charge is 2.31. The molecule has 1 aromatic heterocycles. The van der Waals surface area contributed by atoms with Crippen LogP contribution in [0.5, 0.6) is 0 Å². The van der Waals surface area contributed by atoms with Crippen molar-refractivity contribution in [1.82, 2.24) is 20.2 Å². The lowest BCUT2D eigenvalue weighted by Gasteiger charge is -2.11. The van der Waals surface area contributed by atoms with E-state index in [0.29, 0.717) is 18.6 Å². The first-order valence-electron chi connectivity index (χ1n) is 6.75.